The Morgan fingerprint density at radius 1 is 1.24 bits per heavy atom. The van der Waals surface area contributed by atoms with Crippen molar-refractivity contribution in [3.63, 3.8) is 0 Å². The first-order valence-electron chi connectivity index (χ1n) is 5.44. The Kier molecular flexibility index (Phi) is 5.91. The minimum atomic E-state index is -0.588. The fourth-order valence-electron chi connectivity index (χ4n) is 1.18. The van der Waals surface area contributed by atoms with Crippen LogP contribution in [-0.2, 0) is 19.1 Å². The fraction of sp³-hybridized carbons (Fsp3) is 0.636. The van der Waals surface area contributed by atoms with E-state index < -0.39 is 11.9 Å². The molecular formula is C11H16O4S2. The fourth-order valence-corrected chi connectivity index (χ4v) is 3.67. The zero-order valence-corrected chi connectivity index (χ0v) is 11.8. The van der Waals surface area contributed by atoms with Crippen LogP contribution in [0.1, 0.15) is 20.8 Å². The van der Waals surface area contributed by atoms with E-state index in [2.05, 4.69) is 0 Å². The van der Waals surface area contributed by atoms with E-state index in [-0.39, 0.29) is 18.3 Å². The standard InChI is InChI=1S/C11H16O4S2/c1-4-14-9(12)8(10(13)15-7(2)3)11-16-5-6-17-11/h7H,4-6H2,1-3H3. The van der Waals surface area contributed by atoms with Gasteiger partial charge in [0.1, 0.15) is 0 Å². The van der Waals surface area contributed by atoms with Gasteiger partial charge in [-0.2, -0.15) is 0 Å². The minimum Gasteiger partial charge on any atom is -0.462 e. The van der Waals surface area contributed by atoms with E-state index in [0.29, 0.717) is 4.24 Å². The molecule has 0 atom stereocenters. The van der Waals surface area contributed by atoms with Crippen molar-refractivity contribution in [1.29, 1.82) is 0 Å². The average molecular weight is 276 g/mol. The Labute approximate surface area is 109 Å². The predicted molar refractivity (Wildman–Crippen MR) is 69.8 cm³/mol. The second-order valence-electron chi connectivity index (χ2n) is 3.53. The molecule has 0 aromatic carbocycles. The normalized spacial score (nSPS) is 14.9. The van der Waals surface area contributed by atoms with Gasteiger partial charge < -0.3 is 9.47 Å². The number of esters is 2. The molecule has 0 bridgehead atoms. The smallest absolute Gasteiger partial charge is 0.347 e. The molecule has 1 aliphatic rings. The molecule has 1 heterocycles. The first-order chi connectivity index (χ1) is 8.06. The second kappa shape index (κ2) is 6.96. The third-order valence-electron chi connectivity index (χ3n) is 1.78. The Morgan fingerprint density at radius 3 is 2.29 bits per heavy atom. The largest absolute Gasteiger partial charge is 0.462 e. The van der Waals surface area contributed by atoms with E-state index in [1.165, 1.54) is 23.5 Å². The predicted octanol–water partition coefficient (Wildman–Crippen LogP) is 2.19. The molecule has 1 aliphatic heterocycles. The summed E-state index contributed by atoms with van der Waals surface area (Å²) in [5.74, 6) is 0.626. The van der Waals surface area contributed by atoms with E-state index in [4.69, 9.17) is 9.47 Å². The summed E-state index contributed by atoms with van der Waals surface area (Å²) in [6.45, 7) is 5.46. The Bertz CT molecular complexity index is 328. The maximum atomic E-state index is 11.8. The molecule has 0 aliphatic carbocycles. The van der Waals surface area contributed by atoms with Gasteiger partial charge in [-0.3, -0.25) is 0 Å². The summed E-state index contributed by atoms with van der Waals surface area (Å²) in [5, 5.41) is 0. The number of thioether (sulfide) groups is 2. The highest BCUT2D eigenvalue weighted by atomic mass is 32.2. The van der Waals surface area contributed by atoms with Crippen LogP contribution in [0.3, 0.4) is 0 Å². The van der Waals surface area contributed by atoms with Gasteiger partial charge in [-0.15, -0.1) is 23.5 Å². The van der Waals surface area contributed by atoms with Crippen molar-refractivity contribution in [2.24, 2.45) is 0 Å². The molecule has 0 aromatic rings. The van der Waals surface area contributed by atoms with Gasteiger partial charge in [-0.25, -0.2) is 9.59 Å². The molecule has 0 radical (unpaired) electrons. The summed E-state index contributed by atoms with van der Waals surface area (Å²) in [6, 6.07) is 0. The summed E-state index contributed by atoms with van der Waals surface area (Å²) in [5.41, 5.74) is 0.0491. The maximum Gasteiger partial charge on any atom is 0.347 e. The molecule has 0 saturated carbocycles. The van der Waals surface area contributed by atoms with Crippen molar-refractivity contribution in [3.8, 4) is 0 Å². The highest BCUT2D eigenvalue weighted by Crippen LogP contribution is 2.39. The van der Waals surface area contributed by atoms with E-state index >= 15 is 0 Å². The number of carbonyl (C=O) groups is 2. The topological polar surface area (TPSA) is 52.6 Å². The number of hydrogen-bond acceptors (Lipinski definition) is 6. The Morgan fingerprint density at radius 2 is 1.82 bits per heavy atom. The zero-order valence-electron chi connectivity index (χ0n) is 10.1. The maximum absolute atomic E-state index is 11.8. The third kappa shape index (κ3) is 4.27. The average Bonchev–Trinajstić information content (AvgIpc) is 2.70. The monoisotopic (exact) mass is 276 g/mol. The summed E-state index contributed by atoms with van der Waals surface area (Å²) in [6.07, 6.45) is -0.246. The van der Waals surface area contributed by atoms with Crippen LogP contribution in [-0.4, -0.2) is 36.2 Å². The van der Waals surface area contributed by atoms with Crippen molar-refractivity contribution >= 4 is 35.5 Å². The van der Waals surface area contributed by atoms with Crippen molar-refractivity contribution in [3.05, 3.63) is 9.81 Å². The van der Waals surface area contributed by atoms with Crippen LogP contribution in [0.4, 0.5) is 0 Å². The van der Waals surface area contributed by atoms with Gasteiger partial charge in [0.05, 0.1) is 16.9 Å². The van der Waals surface area contributed by atoms with Crippen LogP contribution >= 0.6 is 23.5 Å². The lowest BCUT2D eigenvalue weighted by molar-refractivity contribution is -0.148. The van der Waals surface area contributed by atoms with Gasteiger partial charge in [-0.1, -0.05) is 0 Å². The SMILES string of the molecule is CCOC(=O)C(C(=O)OC(C)C)=C1SCCS1. The molecule has 0 spiro atoms. The number of rotatable bonds is 4. The molecule has 0 aromatic heterocycles. The quantitative estimate of drug-likeness (QED) is 0.339. The van der Waals surface area contributed by atoms with E-state index in [9.17, 15) is 9.59 Å². The van der Waals surface area contributed by atoms with Crippen LogP contribution < -0.4 is 0 Å². The van der Waals surface area contributed by atoms with Crippen molar-refractivity contribution in [2.45, 2.75) is 26.9 Å². The van der Waals surface area contributed by atoms with Crippen LogP contribution in [0.15, 0.2) is 9.81 Å². The van der Waals surface area contributed by atoms with Gasteiger partial charge in [-0.05, 0) is 20.8 Å². The molecule has 1 saturated heterocycles. The highest BCUT2D eigenvalue weighted by Gasteiger charge is 2.29. The Balaban J connectivity index is 2.90. The molecular weight excluding hydrogens is 260 g/mol. The van der Waals surface area contributed by atoms with Crippen LogP contribution in [0.2, 0.25) is 0 Å². The van der Waals surface area contributed by atoms with Crippen LogP contribution in [0.25, 0.3) is 0 Å². The van der Waals surface area contributed by atoms with Crippen LogP contribution in [0.5, 0.6) is 0 Å². The van der Waals surface area contributed by atoms with Gasteiger partial charge in [0.2, 0.25) is 0 Å². The van der Waals surface area contributed by atoms with E-state index in [1.807, 2.05) is 0 Å². The van der Waals surface area contributed by atoms with Gasteiger partial charge in [0.25, 0.3) is 0 Å². The van der Waals surface area contributed by atoms with Gasteiger partial charge >= 0.3 is 11.9 Å². The molecule has 6 heteroatoms. The van der Waals surface area contributed by atoms with E-state index in [0.717, 1.165) is 11.5 Å². The lowest BCUT2D eigenvalue weighted by Crippen LogP contribution is -2.21. The molecule has 1 fully saturated rings. The lowest BCUT2D eigenvalue weighted by atomic mass is 10.3. The van der Waals surface area contributed by atoms with Gasteiger partial charge in [0.15, 0.2) is 5.57 Å². The van der Waals surface area contributed by atoms with Gasteiger partial charge in [0, 0.05) is 11.5 Å². The summed E-state index contributed by atoms with van der Waals surface area (Å²) in [4.78, 5) is 23.6. The molecule has 96 valence electrons. The zero-order chi connectivity index (χ0) is 12.8. The third-order valence-corrected chi connectivity index (χ3v) is 4.49. The Hall–Kier alpha value is -0.620. The number of hydrogen-bond donors (Lipinski definition) is 0. The molecule has 4 nitrogen and oxygen atoms in total. The summed E-state index contributed by atoms with van der Waals surface area (Å²) >= 11 is 3.00. The first-order valence-corrected chi connectivity index (χ1v) is 7.41. The van der Waals surface area contributed by atoms with Crippen LogP contribution in [0, 0.1) is 0 Å². The van der Waals surface area contributed by atoms with Crippen molar-refractivity contribution < 1.29 is 19.1 Å². The molecule has 0 amide bonds. The molecule has 17 heavy (non-hydrogen) atoms. The molecule has 0 unspecified atom stereocenters. The second-order valence-corrected chi connectivity index (χ2v) is 6.00. The highest BCUT2D eigenvalue weighted by molar-refractivity contribution is 8.25. The molecule has 0 N–H and O–H groups in total. The first kappa shape index (κ1) is 14.4. The summed E-state index contributed by atoms with van der Waals surface area (Å²) < 4.78 is 10.7. The number of ether oxygens (including phenoxy) is 2. The van der Waals surface area contributed by atoms with E-state index in [1.54, 1.807) is 20.8 Å². The van der Waals surface area contributed by atoms with Crippen molar-refractivity contribution in [2.75, 3.05) is 18.1 Å². The summed E-state index contributed by atoms with van der Waals surface area (Å²) in [7, 11) is 0. The number of carbonyl (C=O) groups excluding carboxylic acids is 2. The van der Waals surface area contributed by atoms with Crippen molar-refractivity contribution in [1.82, 2.24) is 0 Å². The molecule has 1 rings (SSSR count). The minimum absolute atomic E-state index is 0.0491. The lowest BCUT2D eigenvalue weighted by Gasteiger charge is -2.11.